The van der Waals surface area contributed by atoms with Crippen LogP contribution in [0.15, 0.2) is 30.3 Å². The Morgan fingerprint density at radius 1 is 1.38 bits per heavy atom. The molecule has 5 nitrogen and oxygen atoms in total. The van der Waals surface area contributed by atoms with E-state index in [1.165, 1.54) is 8.61 Å². The van der Waals surface area contributed by atoms with E-state index in [1.807, 2.05) is 6.07 Å². The van der Waals surface area contributed by atoms with Crippen LogP contribution in [0.25, 0.3) is 0 Å². The molecule has 0 aromatic heterocycles. The summed E-state index contributed by atoms with van der Waals surface area (Å²) < 4.78 is 28.7. The summed E-state index contributed by atoms with van der Waals surface area (Å²) >= 11 is 0. The van der Waals surface area contributed by atoms with E-state index in [0.29, 0.717) is 24.7 Å². The smallest absolute Gasteiger partial charge is 0.304 e. The molecule has 6 heteroatoms. The molecule has 1 N–H and O–H groups in total. The number of benzene rings is 1. The van der Waals surface area contributed by atoms with Gasteiger partial charge in [-0.25, -0.2) is 0 Å². The summed E-state index contributed by atoms with van der Waals surface area (Å²) in [4.78, 5) is 0. The molecule has 1 aliphatic rings. The van der Waals surface area contributed by atoms with Gasteiger partial charge in [-0.3, -0.25) is 4.31 Å². The zero-order chi connectivity index (χ0) is 15.5. The molecule has 0 aliphatic carbocycles. The molecule has 0 spiro atoms. The first-order chi connectivity index (χ1) is 9.91. The van der Waals surface area contributed by atoms with Crippen molar-refractivity contribution < 1.29 is 13.5 Å². The van der Waals surface area contributed by atoms with Crippen LogP contribution in [-0.4, -0.2) is 43.6 Å². The molecule has 21 heavy (non-hydrogen) atoms. The number of aliphatic hydroxyl groups excluding tert-OH is 1. The van der Waals surface area contributed by atoms with E-state index in [9.17, 15) is 13.5 Å². The lowest BCUT2D eigenvalue weighted by atomic mass is 10.0. The molecule has 1 aromatic carbocycles. The van der Waals surface area contributed by atoms with Crippen LogP contribution in [0.2, 0.25) is 0 Å². The molecule has 0 amide bonds. The molecule has 1 saturated heterocycles. The largest absolute Gasteiger partial charge is 0.392 e. The number of hydrogen-bond donors (Lipinski definition) is 1. The number of piperidine rings is 1. The third-order valence-corrected chi connectivity index (χ3v) is 5.60. The lowest BCUT2D eigenvalue weighted by molar-refractivity contribution is 0.202. The Hall–Kier alpha value is -1.11. The van der Waals surface area contributed by atoms with Crippen LogP contribution >= 0.6 is 0 Å². The minimum atomic E-state index is -3.60. The predicted octanol–water partition coefficient (Wildman–Crippen LogP) is 1.85. The molecular weight excluding hydrogens is 288 g/mol. The molecule has 0 unspecified atom stereocenters. The van der Waals surface area contributed by atoms with Gasteiger partial charge in [-0.1, -0.05) is 25.1 Å². The van der Waals surface area contributed by atoms with Crippen molar-refractivity contribution in [3.05, 3.63) is 30.3 Å². The first-order valence-electron chi connectivity index (χ1n) is 7.42. The van der Waals surface area contributed by atoms with Gasteiger partial charge in [-0.2, -0.15) is 12.7 Å². The van der Waals surface area contributed by atoms with E-state index in [-0.39, 0.29) is 6.54 Å². The molecule has 0 bridgehead atoms. The summed E-state index contributed by atoms with van der Waals surface area (Å²) in [5, 5.41) is 9.67. The maximum absolute atomic E-state index is 12.9. The van der Waals surface area contributed by atoms with E-state index in [0.717, 1.165) is 12.8 Å². The maximum Gasteiger partial charge on any atom is 0.304 e. The molecule has 2 rings (SSSR count). The Kier molecular flexibility index (Phi) is 5.24. The number of nitrogens with zero attached hydrogens (tertiary/aromatic N) is 2. The second kappa shape index (κ2) is 6.77. The zero-order valence-electron chi connectivity index (χ0n) is 12.6. The van der Waals surface area contributed by atoms with Crippen molar-refractivity contribution >= 4 is 15.9 Å². The minimum Gasteiger partial charge on any atom is -0.392 e. The Labute approximate surface area is 127 Å². The second-order valence-electron chi connectivity index (χ2n) is 5.83. The fraction of sp³-hybridized carbons (Fsp3) is 0.600. The van der Waals surface area contributed by atoms with Crippen molar-refractivity contribution in [3.63, 3.8) is 0 Å². The van der Waals surface area contributed by atoms with Crippen LogP contribution < -0.4 is 4.31 Å². The van der Waals surface area contributed by atoms with Crippen LogP contribution in [-0.2, 0) is 10.2 Å². The van der Waals surface area contributed by atoms with Crippen LogP contribution in [0.5, 0.6) is 0 Å². The molecule has 0 saturated carbocycles. The fourth-order valence-electron chi connectivity index (χ4n) is 2.66. The molecule has 1 heterocycles. The van der Waals surface area contributed by atoms with Crippen LogP contribution in [0.3, 0.4) is 0 Å². The number of anilines is 1. The highest BCUT2D eigenvalue weighted by atomic mass is 32.2. The molecule has 2 atom stereocenters. The van der Waals surface area contributed by atoms with Crippen molar-refractivity contribution in [2.45, 2.75) is 32.8 Å². The van der Waals surface area contributed by atoms with E-state index in [1.54, 1.807) is 31.2 Å². The van der Waals surface area contributed by atoms with Gasteiger partial charge in [0.15, 0.2) is 0 Å². The van der Waals surface area contributed by atoms with Gasteiger partial charge in [0.05, 0.1) is 18.3 Å². The van der Waals surface area contributed by atoms with Crippen LogP contribution in [0, 0.1) is 5.92 Å². The Bertz CT molecular complexity index is 545. The third-order valence-electron chi connectivity index (χ3n) is 3.70. The molecule has 1 fully saturated rings. The number of hydrogen-bond acceptors (Lipinski definition) is 3. The Morgan fingerprint density at radius 2 is 2.05 bits per heavy atom. The van der Waals surface area contributed by atoms with Gasteiger partial charge in [-0.15, -0.1) is 0 Å². The molecule has 1 aliphatic heterocycles. The van der Waals surface area contributed by atoms with Crippen molar-refractivity contribution in [2.75, 3.05) is 23.9 Å². The topological polar surface area (TPSA) is 60.9 Å². The van der Waals surface area contributed by atoms with Gasteiger partial charge in [0.1, 0.15) is 0 Å². The normalized spacial score (nSPS) is 22.0. The summed E-state index contributed by atoms with van der Waals surface area (Å²) in [6.45, 7) is 4.84. The highest BCUT2D eigenvalue weighted by molar-refractivity contribution is 7.90. The summed E-state index contributed by atoms with van der Waals surface area (Å²) in [7, 11) is -3.60. The highest BCUT2D eigenvalue weighted by Crippen LogP contribution is 2.25. The fourth-order valence-corrected chi connectivity index (χ4v) is 4.54. The molecule has 118 valence electrons. The second-order valence-corrected chi connectivity index (χ2v) is 7.68. The van der Waals surface area contributed by atoms with E-state index < -0.39 is 16.3 Å². The van der Waals surface area contributed by atoms with Gasteiger partial charge in [0, 0.05) is 13.1 Å². The number of rotatable bonds is 5. The average molecular weight is 312 g/mol. The third kappa shape index (κ3) is 3.96. The van der Waals surface area contributed by atoms with Crippen LogP contribution in [0.1, 0.15) is 26.7 Å². The van der Waals surface area contributed by atoms with Crippen molar-refractivity contribution in [3.8, 4) is 0 Å². The molecule has 1 aromatic rings. The first-order valence-corrected chi connectivity index (χ1v) is 8.82. The lowest BCUT2D eigenvalue weighted by Crippen LogP contribution is -2.49. The predicted molar refractivity (Wildman–Crippen MR) is 84.4 cm³/mol. The zero-order valence-corrected chi connectivity index (χ0v) is 13.5. The van der Waals surface area contributed by atoms with Crippen molar-refractivity contribution in [2.24, 2.45) is 5.92 Å². The van der Waals surface area contributed by atoms with Gasteiger partial charge in [0.2, 0.25) is 0 Å². The highest BCUT2D eigenvalue weighted by Gasteiger charge is 2.33. The number of para-hydroxylation sites is 1. The van der Waals surface area contributed by atoms with Crippen molar-refractivity contribution in [1.82, 2.24) is 4.31 Å². The SMILES string of the molecule is C[C@@H]1CCCN(S(=O)(=O)N(C[C@@H](C)O)c2ccccc2)C1. The van der Waals surface area contributed by atoms with Gasteiger partial charge in [0.25, 0.3) is 0 Å². The van der Waals surface area contributed by atoms with Crippen molar-refractivity contribution in [1.29, 1.82) is 0 Å². The summed E-state index contributed by atoms with van der Waals surface area (Å²) in [5.74, 6) is 0.373. The van der Waals surface area contributed by atoms with E-state index in [2.05, 4.69) is 6.92 Å². The molecule has 0 radical (unpaired) electrons. The van der Waals surface area contributed by atoms with Crippen LogP contribution in [0.4, 0.5) is 5.69 Å². The molecular formula is C15H24N2O3S. The average Bonchev–Trinajstić information content (AvgIpc) is 2.45. The first kappa shape index (κ1) is 16.3. The Balaban J connectivity index is 2.30. The lowest BCUT2D eigenvalue weighted by Gasteiger charge is -2.35. The van der Waals surface area contributed by atoms with Gasteiger partial charge < -0.3 is 5.11 Å². The summed E-state index contributed by atoms with van der Waals surface area (Å²) in [6.07, 6.45) is 1.23. The maximum atomic E-state index is 12.9. The monoisotopic (exact) mass is 312 g/mol. The van der Waals surface area contributed by atoms with E-state index in [4.69, 9.17) is 0 Å². The van der Waals surface area contributed by atoms with Gasteiger partial charge in [-0.05, 0) is 37.8 Å². The minimum absolute atomic E-state index is 0.0667. The Morgan fingerprint density at radius 3 is 2.62 bits per heavy atom. The quantitative estimate of drug-likeness (QED) is 0.902. The number of aliphatic hydroxyl groups is 1. The standard InChI is InChI=1S/C15H24N2O3S/c1-13-7-6-10-16(11-13)21(19,20)17(12-14(2)18)15-8-4-3-5-9-15/h3-5,8-9,13-14,18H,6-7,10-12H2,1-2H3/t13-,14-/m1/s1. The van der Waals surface area contributed by atoms with Gasteiger partial charge >= 0.3 is 10.2 Å². The summed E-state index contributed by atoms with van der Waals surface area (Å²) in [6, 6.07) is 8.97. The van der Waals surface area contributed by atoms with E-state index >= 15 is 0 Å². The summed E-state index contributed by atoms with van der Waals surface area (Å²) in [5.41, 5.74) is 0.594.